The van der Waals surface area contributed by atoms with E-state index in [4.69, 9.17) is 4.74 Å². The van der Waals surface area contributed by atoms with Gasteiger partial charge < -0.3 is 15.4 Å². The van der Waals surface area contributed by atoms with E-state index >= 15 is 0 Å². The van der Waals surface area contributed by atoms with E-state index in [0.29, 0.717) is 12.4 Å². The molecule has 0 aliphatic carbocycles. The van der Waals surface area contributed by atoms with Crippen LogP contribution < -0.4 is 15.4 Å². The Balaban J connectivity index is 1.69. The zero-order valence-corrected chi connectivity index (χ0v) is 15.8. The number of nitrogens with zero attached hydrogens (tertiary/aromatic N) is 2. The molecule has 134 valence electrons. The third-order valence-corrected chi connectivity index (χ3v) is 4.26. The predicted molar refractivity (Wildman–Crippen MR) is 105 cm³/mol. The first kappa shape index (κ1) is 19.1. The molecule has 0 aliphatic rings. The van der Waals surface area contributed by atoms with Crippen molar-refractivity contribution in [1.29, 1.82) is 0 Å². The second-order valence-electron chi connectivity index (χ2n) is 5.69. The maximum Gasteiger partial charge on any atom is 0.213 e. The molecule has 2 rings (SSSR count). The van der Waals surface area contributed by atoms with Gasteiger partial charge in [0.05, 0.1) is 6.10 Å². The molecule has 0 amide bonds. The first-order chi connectivity index (χ1) is 12.2. The van der Waals surface area contributed by atoms with Crippen LogP contribution in [-0.4, -0.2) is 36.4 Å². The van der Waals surface area contributed by atoms with Gasteiger partial charge in [-0.15, -0.1) is 11.8 Å². The summed E-state index contributed by atoms with van der Waals surface area (Å²) < 4.78 is 5.55. The van der Waals surface area contributed by atoms with Crippen LogP contribution in [0.5, 0.6) is 5.88 Å². The molecule has 0 bridgehead atoms. The molecule has 0 atom stereocenters. The summed E-state index contributed by atoms with van der Waals surface area (Å²) in [6, 6.07) is 14.3. The van der Waals surface area contributed by atoms with Gasteiger partial charge in [-0.3, -0.25) is 4.99 Å². The van der Waals surface area contributed by atoms with E-state index in [2.05, 4.69) is 44.9 Å². The number of hydrogen-bond donors (Lipinski definition) is 2. The van der Waals surface area contributed by atoms with Gasteiger partial charge in [0.1, 0.15) is 0 Å². The number of pyridine rings is 1. The molecular weight excluding hydrogens is 332 g/mol. The van der Waals surface area contributed by atoms with E-state index in [-0.39, 0.29) is 6.10 Å². The number of thioether (sulfide) groups is 1. The summed E-state index contributed by atoms with van der Waals surface area (Å²) in [6.45, 7) is 5.49. The molecule has 0 aliphatic heterocycles. The average Bonchev–Trinajstić information content (AvgIpc) is 2.63. The Labute approximate surface area is 154 Å². The molecule has 5 nitrogen and oxygen atoms in total. The Morgan fingerprint density at radius 2 is 1.96 bits per heavy atom. The van der Waals surface area contributed by atoms with Gasteiger partial charge in [0, 0.05) is 43.0 Å². The van der Waals surface area contributed by atoms with Crippen molar-refractivity contribution in [3.05, 3.63) is 54.2 Å². The van der Waals surface area contributed by atoms with Gasteiger partial charge in [-0.2, -0.15) is 0 Å². The van der Waals surface area contributed by atoms with E-state index < -0.39 is 0 Å². The number of benzene rings is 1. The van der Waals surface area contributed by atoms with Gasteiger partial charge in [-0.1, -0.05) is 24.3 Å². The minimum absolute atomic E-state index is 0.133. The van der Waals surface area contributed by atoms with Crippen LogP contribution >= 0.6 is 11.8 Å². The van der Waals surface area contributed by atoms with Crippen LogP contribution in [0.1, 0.15) is 19.4 Å². The van der Waals surface area contributed by atoms with Gasteiger partial charge in [-0.25, -0.2) is 4.98 Å². The van der Waals surface area contributed by atoms with Crippen molar-refractivity contribution in [1.82, 2.24) is 15.6 Å². The lowest BCUT2D eigenvalue weighted by Gasteiger charge is -2.12. The number of guanidine groups is 1. The van der Waals surface area contributed by atoms with Gasteiger partial charge >= 0.3 is 0 Å². The lowest BCUT2D eigenvalue weighted by molar-refractivity contribution is 0.232. The van der Waals surface area contributed by atoms with Crippen molar-refractivity contribution >= 4 is 17.7 Å². The smallest absolute Gasteiger partial charge is 0.213 e. The fraction of sp³-hybridized carbons (Fsp3) is 0.368. The second-order valence-corrected chi connectivity index (χ2v) is 6.85. The van der Waals surface area contributed by atoms with E-state index in [1.807, 2.05) is 50.0 Å². The number of aliphatic imine (C=N–C) groups is 1. The van der Waals surface area contributed by atoms with Crippen molar-refractivity contribution in [2.24, 2.45) is 4.99 Å². The van der Waals surface area contributed by atoms with Gasteiger partial charge in [0.15, 0.2) is 5.96 Å². The SMILES string of the molecule is CN=C(NCCSc1ccccc1)NCc1ccc(OC(C)C)nc1. The molecule has 0 spiro atoms. The molecular formula is C19H26N4OS. The Morgan fingerprint density at radius 3 is 2.60 bits per heavy atom. The normalized spacial score (nSPS) is 11.4. The van der Waals surface area contributed by atoms with Gasteiger partial charge in [0.2, 0.25) is 5.88 Å². The minimum Gasteiger partial charge on any atom is -0.475 e. The van der Waals surface area contributed by atoms with Crippen molar-refractivity contribution in [3.8, 4) is 5.88 Å². The fourth-order valence-corrected chi connectivity index (χ4v) is 2.88. The highest BCUT2D eigenvalue weighted by Crippen LogP contribution is 2.15. The molecule has 2 N–H and O–H groups in total. The van der Waals surface area contributed by atoms with E-state index in [0.717, 1.165) is 23.8 Å². The summed E-state index contributed by atoms with van der Waals surface area (Å²) in [6.07, 6.45) is 1.96. The summed E-state index contributed by atoms with van der Waals surface area (Å²) in [5, 5.41) is 6.61. The highest BCUT2D eigenvalue weighted by atomic mass is 32.2. The summed E-state index contributed by atoms with van der Waals surface area (Å²) in [5.74, 6) is 2.42. The zero-order chi connectivity index (χ0) is 17.9. The largest absolute Gasteiger partial charge is 0.475 e. The molecule has 0 radical (unpaired) electrons. The first-order valence-corrected chi connectivity index (χ1v) is 9.40. The average molecular weight is 359 g/mol. The molecule has 1 aromatic carbocycles. The van der Waals surface area contributed by atoms with Crippen molar-refractivity contribution < 1.29 is 4.74 Å². The molecule has 1 aromatic heterocycles. The van der Waals surface area contributed by atoms with Crippen LogP contribution in [0.25, 0.3) is 0 Å². The number of aromatic nitrogens is 1. The van der Waals surface area contributed by atoms with Crippen LogP contribution in [0.15, 0.2) is 58.5 Å². The van der Waals surface area contributed by atoms with Crippen molar-refractivity contribution in [2.75, 3.05) is 19.3 Å². The van der Waals surface area contributed by atoms with Crippen molar-refractivity contribution in [2.45, 2.75) is 31.4 Å². The Morgan fingerprint density at radius 1 is 1.16 bits per heavy atom. The fourth-order valence-electron chi connectivity index (χ4n) is 2.09. The second kappa shape index (κ2) is 10.6. The molecule has 2 aromatic rings. The van der Waals surface area contributed by atoms with Crippen molar-refractivity contribution in [3.63, 3.8) is 0 Å². The number of ether oxygens (including phenoxy) is 1. The predicted octanol–water partition coefficient (Wildman–Crippen LogP) is 3.33. The standard InChI is InChI=1S/C19H26N4OS/c1-15(2)24-18-10-9-16(13-22-18)14-23-19(20-3)21-11-12-25-17-7-5-4-6-8-17/h4-10,13,15H,11-12,14H2,1-3H3,(H2,20,21,23). The molecule has 0 saturated heterocycles. The lowest BCUT2D eigenvalue weighted by Crippen LogP contribution is -2.37. The Hall–Kier alpha value is -2.21. The highest BCUT2D eigenvalue weighted by Gasteiger charge is 2.02. The summed E-state index contributed by atoms with van der Waals surface area (Å²) in [4.78, 5) is 9.83. The van der Waals surface area contributed by atoms with Gasteiger partial charge in [0.25, 0.3) is 0 Å². The van der Waals surface area contributed by atoms with Crippen LogP contribution in [0.4, 0.5) is 0 Å². The molecule has 6 heteroatoms. The summed E-state index contributed by atoms with van der Waals surface area (Å²) in [5.41, 5.74) is 1.08. The van der Waals surface area contributed by atoms with E-state index in [1.165, 1.54) is 4.90 Å². The van der Waals surface area contributed by atoms with Crippen LogP contribution in [0.2, 0.25) is 0 Å². The lowest BCUT2D eigenvalue weighted by atomic mass is 10.3. The van der Waals surface area contributed by atoms with E-state index in [9.17, 15) is 0 Å². The number of hydrogen-bond acceptors (Lipinski definition) is 4. The number of rotatable bonds is 8. The topological polar surface area (TPSA) is 58.5 Å². The monoisotopic (exact) mass is 358 g/mol. The maximum atomic E-state index is 5.55. The Bertz CT molecular complexity index is 644. The summed E-state index contributed by atoms with van der Waals surface area (Å²) >= 11 is 1.82. The van der Waals surface area contributed by atoms with Crippen LogP contribution in [0, 0.1) is 0 Å². The summed E-state index contributed by atoms with van der Waals surface area (Å²) in [7, 11) is 1.78. The van der Waals surface area contributed by atoms with Crippen LogP contribution in [0.3, 0.4) is 0 Å². The number of nitrogens with one attached hydrogen (secondary N) is 2. The first-order valence-electron chi connectivity index (χ1n) is 8.41. The molecule has 1 heterocycles. The third kappa shape index (κ3) is 7.47. The molecule has 0 fully saturated rings. The molecule has 0 saturated carbocycles. The van der Waals surface area contributed by atoms with Crippen LogP contribution in [-0.2, 0) is 6.54 Å². The molecule has 25 heavy (non-hydrogen) atoms. The molecule has 0 unspecified atom stereocenters. The third-order valence-electron chi connectivity index (χ3n) is 3.24. The van der Waals surface area contributed by atoms with E-state index in [1.54, 1.807) is 7.05 Å². The highest BCUT2D eigenvalue weighted by molar-refractivity contribution is 7.99. The maximum absolute atomic E-state index is 5.55. The quantitative estimate of drug-likeness (QED) is 0.328. The minimum atomic E-state index is 0.133. The zero-order valence-electron chi connectivity index (χ0n) is 15.0. The Kier molecular flexibility index (Phi) is 8.12. The van der Waals surface area contributed by atoms with Gasteiger partial charge in [-0.05, 0) is 31.5 Å².